The van der Waals surface area contributed by atoms with E-state index in [0.29, 0.717) is 23.6 Å². The van der Waals surface area contributed by atoms with E-state index in [1.807, 2.05) is 6.92 Å². The van der Waals surface area contributed by atoms with Gasteiger partial charge >= 0.3 is 6.61 Å². The molecule has 4 rings (SSSR count). The summed E-state index contributed by atoms with van der Waals surface area (Å²) in [5, 5.41) is 6.91. The van der Waals surface area contributed by atoms with E-state index < -0.39 is 6.61 Å². The van der Waals surface area contributed by atoms with Gasteiger partial charge in [0.15, 0.2) is 5.96 Å². The summed E-state index contributed by atoms with van der Waals surface area (Å²) >= 11 is 0. The summed E-state index contributed by atoms with van der Waals surface area (Å²) in [5.74, 6) is 1.45. The number of aliphatic imine (C=N–C) groups is 1. The van der Waals surface area contributed by atoms with Crippen LogP contribution in [0.3, 0.4) is 0 Å². The Morgan fingerprint density at radius 2 is 2.14 bits per heavy atom. The molecule has 1 spiro atoms. The minimum absolute atomic E-state index is 0. The zero-order valence-corrected chi connectivity index (χ0v) is 18.3. The summed E-state index contributed by atoms with van der Waals surface area (Å²) in [6.45, 7) is 1.05. The molecular weight excluding hydrogens is 479 g/mol. The topological polar surface area (TPSA) is 54.9 Å². The third-order valence-electron chi connectivity index (χ3n) is 6.27. The number of nitrogens with zero attached hydrogens (tertiary/aromatic N) is 1. The highest BCUT2D eigenvalue weighted by Crippen LogP contribution is 2.62. The maximum absolute atomic E-state index is 12.6. The van der Waals surface area contributed by atoms with Crippen molar-refractivity contribution in [2.24, 2.45) is 16.3 Å². The third kappa shape index (κ3) is 3.94. The van der Waals surface area contributed by atoms with Crippen molar-refractivity contribution < 1.29 is 18.3 Å². The molecule has 0 bridgehead atoms. The number of halogens is 3. The standard InChI is InChI=1S/C20H27F2N3O2.HI/c1-2-23-19(24-12-13-6-3-4-7-15(13)27-18(21)22)25-16-14-8-11-26-17(14)20(16)9-5-10-20;/h3-4,6-7,14,16-18H,2,5,8-12H2,1H3,(H2,23,24,25);1H. The fourth-order valence-corrected chi connectivity index (χ4v) is 4.93. The van der Waals surface area contributed by atoms with Crippen molar-refractivity contribution in [3.05, 3.63) is 29.8 Å². The summed E-state index contributed by atoms with van der Waals surface area (Å²) in [7, 11) is 0. The molecule has 1 aromatic rings. The smallest absolute Gasteiger partial charge is 0.387 e. The lowest BCUT2D eigenvalue weighted by atomic mass is 9.46. The van der Waals surface area contributed by atoms with Crippen LogP contribution in [0.5, 0.6) is 5.75 Å². The van der Waals surface area contributed by atoms with E-state index >= 15 is 0 Å². The number of hydrogen-bond donors (Lipinski definition) is 2. The molecule has 0 aromatic heterocycles. The second-order valence-corrected chi connectivity index (χ2v) is 7.63. The summed E-state index contributed by atoms with van der Waals surface area (Å²) in [6.07, 6.45) is 5.16. The van der Waals surface area contributed by atoms with Crippen LogP contribution in [-0.4, -0.2) is 37.9 Å². The Kier molecular flexibility index (Phi) is 7.01. The average Bonchev–Trinajstić information content (AvgIpc) is 3.01. The lowest BCUT2D eigenvalue weighted by Gasteiger charge is -2.63. The average molecular weight is 507 g/mol. The number of hydrogen-bond acceptors (Lipinski definition) is 3. The Bertz CT molecular complexity index is 700. The van der Waals surface area contributed by atoms with Gasteiger partial charge < -0.3 is 20.1 Å². The van der Waals surface area contributed by atoms with Crippen LogP contribution in [0.4, 0.5) is 8.78 Å². The number of guanidine groups is 1. The molecule has 8 heteroatoms. The molecule has 0 radical (unpaired) electrons. The number of para-hydroxylation sites is 1. The van der Waals surface area contributed by atoms with Crippen molar-refractivity contribution in [1.29, 1.82) is 0 Å². The minimum atomic E-state index is -2.84. The van der Waals surface area contributed by atoms with Gasteiger partial charge in [0.2, 0.25) is 0 Å². The Morgan fingerprint density at radius 3 is 2.82 bits per heavy atom. The number of benzene rings is 1. The van der Waals surface area contributed by atoms with Crippen LogP contribution in [0.2, 0.25) is 0 Å². The van der Waals surface area contributed by atoms with Gasteiger partial charge in [-0.15, -0.1) is 24.0 Å². The quantitative estimate of drug-likeness (QED) is 0.349. The molecule has 3 atom stereocenters. The summed E-state index contributed by atoms with van der Waals surface area (Å²) in [5.41, 5.74) is 0.901. The zero-order valence-electron chi connectivity index (χ0n) is 16.0. The fraction of sp³-hybridized carbons (Fsp3) is 0.650. The van der Waals surface area contributed by atoms with Gasteiger partial charge in [-0.2, -0.15) is 8.78 Å². The first-order valence-electron chi connectivity index (χ1n) is 9.83. The van der Waals surface area contributed by atoms with Crippen molar-refractivity contribution in [2.75, 3.05) is 13.2 Å². The monoisotopic (exact) mass is 507 g/mol. The van der Waals surface area contributed by atoms with E-state index in [1.54, 1.807) is 24.3 Å². The van der Waals surface area contributed by atoms with Crippen LogP contribution in [0.1, 0.15) is 38.2 Å². The van der Waals surface area contributed by atoms with Crippen molar-refractivity contribution in [3.8, 4) is 5.75 Å². The van der Waals surface area contributed by atoms with Gasteiger partial charge in [-0.05, 0) is 32.3 Å². The van der Waals surface area contributed by atoms with E-state index in [9.17, 15) is 8.78 Å². The van der Waals surface area contributed by atoms with Crippen molar-refractivity contribution in [2.45, 2.75) is 57.9 Å². The van der Waals surface area contributed by atoms with Crippen molar-refractivity contribution >= 4 is 29.9 Å². The molecule has 3 unspecified atom stereocenters. The second kappa shape index (κ2) is 9.11. The normalized spacial score (nSPS) is 27.4. The summed E-state index contributed by atoms with van der Waals surface area (Å²) < 4.78 is 35.8. The number of rotatable bonds is 6. The summed E-state index contributed by atoms with van der Waals surface area (Å²) in [4.78, 5) is 4.64. The van der Waals surface area contributed by atoms with Crippen LogP contribution < -0.4 is 15.4 Å². The van der Waals surface area contributed by atoms with Crippen LogP contribution in [0, 0.1) is 11.3 Å². The molecular formula is C20H28F2IN3O2. The molecule has 0 amide bonds. The highest BCUT2D eigenvalue weighted by atomic mass is 127. The lowest BCUT2D eigenvalue weighted by molar-refractivity contribution is -0.171. The third-order valence-corrected chi connectivity index (χ3v) is 6.27. The molecule has 156 valence electrons. The van der Waals surface area contributed by atoms with Crippen molar-refractivity contribution in [1.82, 2.24) is 10.6 Å². The number of nitrogens with one attached hydrogen (secondary N) is 2. The molecule has 3 fully saturated rings. The molecule has 1 aliphatic heterocycles. The molecule has 2 saturated carbocycles. The van der Waals surface area contributed by atoms with Gasteiger partial charge in [0.25, 0.3) is 0 Å². The number of alkyl halides is 2. The SMILES string of the molecule is CCNC(=NCc1ccccc1OC(F)F)NC1C2CCOC2C12CCC2.I. The molecule has 1 saturated heterocycles. The predicted molar refractivity (Wildman–Crippen MR) is 114 cm³/mol. The zero-order chi connectivity index (χ0) is 18.9. The van der Waals surface area contributed by atoms with Gasteiger partial charge in [-0.25, -0.2) is 4.99 Å². The molecule has 5 nitrogen and oxygen atoms in total. The lowest BCUT2D eigenvalue weighted by Crippen LogP contribution is -2.72. The predicted octanol–water partition coefficient (Wildman–Crippen LogP) is 3.92. The minimum Gasteiger partial charge on any atom is -0.434 e. The maximum Gasteiger partial charge on any atom is 0.387 e. The Balaban J connectivity index is 0.00000225. The van der Waals surface area contributed by atoms with Gasteiger partial charge in [0, 0.05) is 36.1 Å². The highest BCUT2D eigenvalue weighted by Gasteiger charge is 2.66. The molecule has 1 heterocycles. The number of ether oxygens (including phenoxy) is 2. The first-order chi connectivity index (χ1) is 13.1. The van der Waals surface area contributed by atoms with E-state index in [1.165, 1.54) is 19.3 Å². The second-order valence-electron chi connectivity index (χ2n) is 7.63. The summed E-state index contributed by atoms with van der Waals surface area (Å²) in [6, 6.07) is 7.18. The van der Waals surface area contributed by atoms with E-state index in [2.05, 4.69) is 20.4 Å². The molecule has 2 aliphatic carbocycles. The molecule has 3 aliphatic rings. The maximum atomic E-state index is 12.6. The Labute approximate surface area is 181 Å². The van der Waals surface area contributed by atoms with Crippen LogP contribution in [0.25, 0.3) is 0 Å². The molecule has 2 N–H and O–H groups in total. The van der Waals surface area contributed by atoms with Crippen molar-refractivity contribution in [3.63, 3.8) is 0 Å². The fourth-order valence-electron chi connectivity index (χ4n) is 4.93. The van der Waals surface area contributed by atoms with Gasteiger partial charge in [0.1, 0.15) is 5.75 Å². The molecule has 28 heavy (non-hydrogen) atoms. The van der Waals surface area contributed by atoms with Gasteiger partial charge in [0.05, 0.1) is 12.6 Å². The van der Waals surface area contributed by atoms with Gasteiger partial charge in [-0.3, -0.25) is 0 Å². The number of fused-ring (bicyclic) bond motifs is 2. The van der Waals surface area contributed by atoms with E-state index in [0.717, 1.165) is 25.5 Å². The highest BCUT2D eigenvalue weighted by molar-refractivity contribution is 14.0. The van der Waals surface area contributed by atoms with Crippen LogP contribution in [0.15, 0.2) is 29.3 Å². The van der Waals surface area contributed by atoms with Crippen LogP contribution in [-0.2, 0) is 11.3 Å². The largest absolute Gasteiger partial charge is 0.434 e. The van der Waals surface area contributed by atoms with E-state index in [-0.39, 0.29) is 41.7 Å². The first kappa shape index (κ1) is 21.5. The van der Waals surface area contributed by atoms with Gasteiger partial charge in [-0.1, -0.05) is 24.6 Å². The Morgan fingerprint density at radius 1 is 1.36 bits per heavy atom. The Hall–Kier alpha value is -1.16. The van der Waals surface area contributed by atoms with E-state index in [4.69, 9.17) is 4.74 Å². The van der Waals surface area contributed by atoms with Crippen LogP contribution >= 0.6 is 24.0 Å². The molecule has 1 aromatic carbocycles. The first-order valence-corrected chi connectivity index (χ1v) is 9.83.